The Hall–Kier alpha value is -2.10. The van der Waals surface area contributed by atoms with Crippen LogP contribution in [0.5, 0.6) is 0 Å². The highest BCUT2D eigenvalue weighted by molar-refractivity contribution is 14.0. The highest BCUT2D eigenvalue weighted by atomic mass is 127. The van der Waals surface area contributed by atoms with Crippen molar-refractivity contribution in [3.63, 3.8) is 0 Å². The first-order valence-corrected chi connectivity index (χ1v) is 10.3. The number of halogens is 1. The average molecular weight is 524 g/mol. The topological polar surface area (TPSA) is 65.8 Å². The minimum absolute atomic E-state index is 0. The summed E-state index contributed by atoms with van der Waals surface area (Å²) >= 11 is 0. The minimum Gasteiger partial charge on any atom is -0.357 e. The van der Waals surface area contributed by atoms with Crippen molar-refractivity contribution in [1.29, 1.82) is 0 Å². The molecule has 1 aromatic heterocycles. The Kier molecular flexibility index (Phi) is 9.13. The smallest absolute Gasteiger partial charge is 0.253 e. The van der Waals surface area contributed by atoms with Gasteiger partial charge in [0.05, 0.1) is 18.9 Å². The fraction of sp³-hybridized carbons (Fsp3) is 0.500. The lowest BCUT2D eigenvalue weighted by molar-refractivity contribution is 0.0827. The number of nitrogens with zero attached hydrogens (tertiary/aromatic N) is 5. The van der Waals surface area contributed by atoms with Crippen molar-refractivity contribution in [2.24, 2.45) is 10.9 Å². The van der Waals surface area contributed by atoms with Crippen molar-refractivity contribution in [3.05, 3.63) is 54.1 Å². The molecule has 2 atom stereocenters. The lowest BCUT2D eigenvalue weighted by Gasteiger charge is -2.39. The standard InChI is InChI=1S/C22H32N6O.HI/c1-5-24-22(25-14-18-6-8-19(9-7-18)21(29)26(3)4)27-12-10-17(2)20(15-27)28-13-11-23-16-28;/h6-9,11,13,16-17,20H,5,10,12,14-15H2,1-4H3,(H,24,25);1H. The van der Waals surface area contributed by atoms with Gasteiger partial charge < -0.3 is 19.7 Å². The van der Waals surface area contributed by atoms with Crippen molar-refractivity contribution < 1.29 is 4.79 Å². The summed E-state index contributed by atoms with van der Waals surface area (Å²) in [4.78, 5) is 25.1. The molecule has 0 bridgehead atoms. The van der Waals surface area contributed by atoms with Gasteiger partial charge in [0.15, 0.2) is 5.96 Å². The van der Waals surface area contributed by atoms with Gasteiger partial charge >= 0.3 is 0 Å². The molecule has 0 aliphatic carbocycles. The van der Waals surface area contributed by atoms with Gasteiger partial charge in [-0.05, 0) is 37.0 Å². The van der Waals surface area contributed by atoms with Crippen LogP contribution in [-0.4, -0.2) is 64.9 Å². The second kappa shape index (κ2) is 11.3. The van der Waals surface area contributed by atoms with E-state index in [4.69, 9.17) is 4.99 Å². The van der Waals surface area contributed by atoms with Crippen molar-refractivity contribution >= 4 is 35.8 Å². The zero-order chi connectivity index (χ0) is 20.8. The normalized spacial score (nSPS) is 19.2. The van der Waals surface area contributed by atoms with Crippen LogP contribution in [0.2, 0.25) is 0 Å². The lowest BCUT2D eigenvalue weighted by Crippen LogP contribution is -2.49. The van der Waals surface area contributed by atoms with Gasteiger partial charge in [-0.1, -0.05) is 19.1 Å². The quantitative estimate of drug-likeness (QED) is 0.371. The average Bonchev–Trinajstić information content (AvgIpc) is 3.26. The number of amides is 1. The van der Waals surface area contributed by atoms with E-state index in [2.05, 4.69) is 33.6 Å². The summed E-state index contributed by atoms with van der Waals surface area (Å²) in [5, 5.41) is 3.44. The van der Waals surface area contributed by atoms with Gasteiger partial charge in [-0.25, -0.2) is 9.98 Å². The highest BCUT2D eigenvalue weighted by Gasteiger charge is 2.28. The number of likely N-dealkylation sites (tertiary alicyclic amines) is 1. The third-order valence-corrected chi connectivity index (χ3v) is 5.48. The molecule has 0 radical (unpaired) electrons. The molecular weight excluding hydrogens is 491 g/mol. The van der Waals surface area contributed by atoms with Crippen LogP contribution < -0.4 is 5.32 Å². The summed E-state index contributed by atoms with van der Waals surface area (Å²) < 4.78 is 2.21. The summed E-state index contributed by atoms with van der Waals surface area (Å²) in [5.41, 5.74) is 1.79. The molecule has 0 saturated carbocycles. The summed E-state index contributed by atoms with van der Waals surface area (Å²) in [6.07, 6.45) is 6.92. The Morgan fingerprint density at radius 2 is 2.03 bits per heavy atom. The second-order valence-electron chi connectivity index (χ2n) is 7.86. The number of aliphatic imine (C=N–C) groups is 1. The van der Waals surface area contributed by atoms with E-state index >= 15 is 0 Å². The van der Waals surface area contributed by atoms with Gasteiger partial charge in [-0.15, -0.1) is 24.0 Å². The fourth-order valence-electron chi connectivity index (χ4n) is 3.70. The number of hydrogen-bond donors (Lipinski definition) is 1. The monoisotopic (exact) mass is 524 g/mol. The predicted molar refractivity (Wildman–Crippen MR) is 131 cm³/mol. The summed E-state index contributed by atoms with van der Waals surface area (Å²) in [5.74, 6) is 1.56. The maximum Gasteiger partial charge on any atom is 0.253 e. The number of hydrogen-bond acceptors (Lipinski definition) is 3. The third-order valence-electron chi connectivity index (χ3n) is 5.48. The summed E-state index contributed by atoms with van der Waals surface area (Å²) in [7, 11) is 3.53. The second-order valence-corrected chi connectivity index (χ2v) is 7.86. The summed E-state index contributed by atoms with van der Waals surface area (Å²) in [6, 6.07) is 8.11. The van der Waals surface area contributed by atoms with Crippen LogP contribution in [0.1, 0.15) is 42.2 Å². The molecule has 1 aromatic carbocycles. The molecule has 1 amide bonds. The van der Waals surface area contributed by atoms with Crippen molar-refractivity contribution in [2.75, 3.05) is 33.7 Å². The number of rotatable bonds is 5. The molecule has 2 aromatic rings. The van der Waals surface area contributed by atoms with Crippen molar-refractivity contribution in [3.8, 4) is 0 Å². The Balaban J connectivity index is 0.00000320. The van der Waals surface area contributed by atoms with Gasteiger partial charge in [0.25, 0.3) is 5.91 Å². The minimum atomic E-state index is 0. The van der Waals surface area contributed by atoms with Crippen LogP contribution in [0.3, 0.4) is 0 Å². The number of benzene rings is 1. The van der Waals surface area contributed by atoms with Crippen LogP contribution in [0.4, 0.5) is 0 Å². The van der Waals surface area contributed by atoms with Crippen LogP contribution >= 0.6 is 24.0 Å². The molecule has 164 valence electrons. The molecule has 2 unspecified atom stereocenters. The number of carbonyl (C=O) groups excluding carboxylic acids is 1. The van der Waals surface area contributed by atoms with Crippen LogP contribution in [0.25, 0.3) is 0 Å². The maximum atomic E-state index is 12.0. The van der Waals surface area contributed by atoms with Gasteiger partial charge in [0, 0.05) is 51.7 Å². The Bertz CT molecular complexity index is 819. The molecule has 1 N–H and O–H groups in total. The molecule has 8 heteroatoms. The first-order chi connectivity index (χ1) is 14.0. The van der Waals surface area contributed by atoms with E-state index in [1.54, 1.807) is 19.0 Å². The lowest BCUT2D eigenvalue weighted by atomic mass is 9.93. The predicted octanol–water partition coefficient (Wildman–Crippen LogP) is 3.25. The molecule has 1 saturated heterocycles. The number of aromatic nitrogens is 2. The molecule has 7 nitrogen and oxygen atoms in total. The van der Waals surface area contributed by atoms with Crippen LogP contribution in [0, 0.1) is 5.92 Å². The number of imidazole rings is 1. The van der Waals surface area contributed by atoms with Crippen molar-refractivity contribution in [2.45, 2.75) is 32.9 Å². The van der Waals surface area contributed by atoms with Gasteiger partial charge in [0.2, 0.25) is 0 Å². The SMILES string of the molecule is CCNC(=NCc1ccc(C(=O)N(C)C)cc1)N1CCC(C)C(n2ccnc2)C1.I. The van der Waals surface area contributed by atoms with Gasteiger partial charge in [0.1, 0.15) is 0 Å². The number of guanidine groups is 1. The number of nitrogens with one attached hydrogen (secondary N) is 1. The van der Waals surface area contributed by atoms with Gasteiger partial charge in [-0.2, -0.15) is 0 Å². The van der Waals surface area contributed by atoms with Crippen molar-refractivity contribution in [1.82, 2.24) is 24.7 Å². The maximum absolute atomic E-state index is 12.0. The van der Waals surface area contributed by atoms with Gasteiger partial charge in [-0.3, -0.25) is 4.79 Å². The van der Waals surface area contributed by atoms with E-state index in [0.29, 0.717) is 24.1 Å². The molecule has 2 heterocycles. The van der Waals surface area contributed by atoms with E-state index in [-0.39, 0.29) is 29.9 Å². The van der Waals surface area contributed by atoms with E-state index in [9.17, 15) is 4.79 Å². The molecular formula is C22H33IN6O. The summed E-state index contributed by atoms with van der Waals surface area (Å²) in [6.45, 7) is 7.73. The highest BCUT2D eigenvalue weighted by Crippen LogP contribution is 2.27. The zero-order valence-corrected chi connectivity index (χ0v) is 20.6. The van der Waals surface area contributed by atoms with Crippen LogP contribution in [0.15, 0.2) is 48.0 Å². The van der Waals surface area contributed by atoms with E-state index in [1.165, 1.54) is 0 Å². The largest absolute Gasteiger partial charge is 0.357 e. The molecule has 1 fully saturated rings. The van der Waals surface area contributed by atoms with Crippen LogP contribution in [-0.2, 0) is 6.54 Å². The fourth-order valence-corrected chi connectivity index (χ4v) is 3.70. The Labute approximate surface area is 196 Å². The first-order valence-electron chi connectivity index (χ1n) is 10.3. The Morgan fingerprint density at radius 3 is 2.63 bits per heavy atom. The molecule has 30 heavy (non-hydrogen) atoms. The van der Waals surface area contributed by atoms with E-state index in [1.807, 2.05) is 43.0 Å². The molecule has 1 aliphatic rings. The Morgan fingerprint density at radius 1 is 1.30 bits per heavy atom. The number of piperidine rings is 1. The molecule has 0 spiro atoms. The number of carbonyl (C=O) groups is 1. The molecule has 1 aliphatic heterocycles. The molecule has 3 rings (SSSR count). The van der Waals surface area contributed by atoms with E-state index < -0.39 is 0 Å². The third kappa shape index (κ3) is 5.96. The first kappa shape index (κ1) is 24.2. The van der Waals surface area contributed by atoms with E-state index in [0.717, 1.165) is 37.6 Å². The zero-order valence-electron chi connectivity index (χ0n) is 18.3.